The number of aryl methyl sites for hydroxylation is 1. The molecule has 7 heteroatoms. The fourth-order valence-electron chi connectivity index (χ4n) is 4.12. The van der Waals surface area contributed by atoms with Crippen LogP contribution in [0.15, 0.2) is 42.5 Å². The molecule has 0 saturated carbocycles. The lowest BCUT2D eigenvalue weighted by Gasteiger charge is -2.34. The molecule has 7 nitrogen and oxygen atoms in total. The Morgan fingerprint density at radius 1 is 0.964 bits per heavy atom. The highest BCUT2D eigenvalue weighted by molar-refractivity contribution is 5.47. The van der Waals surface area contributed by atoms with Gasteiger partial charge in [0, 0.05) is 0 Å². The molecule has 1 aromatic heterocycles. The molecule has 0 radical (unpaired) electrons. The van der Waals surface area contributed by atoms with E-state index in [-0.39, 0.29) is 12.8 Å². The number of hydrogen-bond donors (Lipinski definition) is 0. The highest BCUT2D eigenvalue weighted by atomic mass is 16.7. The van der Waals surface area contributed by atoms with Crippen LogP contribution in [0.3, 0.4) is 0 Å². The van der Waals surface area contributed by atoms with E-state index in [0.717, 1.165) is 47.2 Å². The Labute approximate surface area is 163 Å². The van der Waals surface area contributed by atoms with Gasteiger partial charge in [0.2, 0.25) is 6.79 Å². The summed E-state index contributed by atoms with van der Waals surface area (Å²) in [5, 5.41) is 12.8. The maximum atomic E-state index is 5.63. The van der Waals surface area contributed by atoms with Gasteiger partial charge in [-0.15, -0.1) is 5.10 Å². The predicted molar refractivity (Wildman–Crippen MR) is 104 cm³/mol. The van der Waals surface area contributed by atoms with Crippen molar-refractivity contribution < 1.29 is 9.47 Å². The number of likely N-dealkylation sites (tertiary alicyclic amines) is 1. The summed E-state index contributed by atoms with van der Waals surface area (Å²) in [4.78, 5) is 2.47. The molecule has 1 atom stereocenters. The number of benzene rings is 2. The Balaban J connectivity index is 1.62. The highest BCUT2D eigenvalue weighted by Gasteiger charge is 2.31. The minimum atomic E-state index is -0.0376. The number of ether oxygens (including phenoxy) is 2. The molecular weight excluding hydrogens is 354 g/mol. The maximum absolute atomic E-state index is 5.63. The number of fused-ring (bicyclic) bond motifs is 1. The molecule has 0 amide bonds. The lowest BCUT2D eigenvalue weighted by molar-refractivity contribution is 0.172. The first-order valence-electron chi connectivity index (χ1n) is 9.79. The van der Waals surface area contributed by atoms with Gasteiger partial charge in [0.05, 0.1) is 11.7 Å². The first-order valence-corrected chi connectivity index (χ1v) is 9.79. The molecule has 1 fully saturated rings. The van der Waals surface area contributed by atoms with Gasteiger partial charge in [0.25, 0.3) is 0 Å². The van der Waals surface area contributed by atoms with E-state index < -0.39 is 0 Å². The number of hydrogen-bond acceptors (Lipinski definition) is 6. The first kappa shape index (κ1) is 17.2. The third-order valence-electron chi connectivity index (χ3n) is 5.55. The third-order valence-corrected chi connectivity index (χ3v) is 5.55. The molecule has 3 aromatic rings. The summed E-state index contributed by atoms with van der Waals surface area (Å²) < 4.78 is 13.0. The summed E-state index contributed by atoms with van der Waals surface area (Å²) in [7, 11) is 0. The molecule has 5 rings (SSSR count). The maximum Gasteiger partial charge on any atom is 0.231 e. The summed E-state index contributed by atoms with van der Waals surface area (Å²) in [6, 6.07) is 14.3. The van der Waals surface area contributed by atoms with Gasteiger partial charge in [0.15, 0.2) is 17.3 Å². The van der Waals surface area contributed by atoms with Crippen LogP contribution < -0.4 is 9.47 Å². The summed E-state index contributed by atoms with van der Waals surface area (Å²) in [6.45, 7) is 4.41. The van der Waals surface area contributed by atoms with Crippen molar-refractivity contribution in [3.8, 4) is 17.2 Å². The van der Waals surface area contributed by atoms with Crippen LogP contribution in [0.2, 0.25) is 0 Å². The molecule has 2 aromatic carbocycles. The third kappa shape index (κ3) is 3.01. The molecule has 0 bridgehead atoms. The Morgan fingerprint density at radius 3 is 2.64 bits per heavy atom. The monoisotopic (exact) mass is 377 g/mol. The van der Waals surface area contributed by atoms with Crippen LogP contribution in [0.5, 0.6) is 11.5 Å². The fraction of sp³-hybridized carbons (Fsp3) is 0.381. The Hall–Kier alpha value is -2.93. The molecule has 0 N–H and O–H groups in total. The van der Waals surface area contributed by atoms with Crippen LogP contribution in [-0.4, -0.2) is 45.0 Å². The van der Waals surface area contributed by atoms with Gasteiger partial charge in [-0.3, -0.25) is 4.90 Å². The first-order chi connectivity index (χ1) is 13.8. The second kappa shape index (κ2) is 7.24. The minimum absolute atomic E-state index is 0.0376. The summed E-state index contributed by atoms with van der Waals surface area (Å²) in [6.07, 6.45) is 3.65. The van der Waals surface area contributed by atoms with Gasteiger partial charge in [0.1, 0.15) is 0 Å². The Kier molecular flexibility index (Phi) is 4.44. The molecule has 0 unspecified atom stereocenters. The Bertz CT molecular complexity index is 980. The fourth-order valence-corrected chi connectivity index (χ4v) is 4.12. The van der Waals surface area contributed by atoms with E-state index in [9.17, 15) is 0 Å². The zero-order valence-electron chi connectivity index (χ0n) is 15.9. The van der Waals surface area contributed by atoms with Crippen LogP contribution in [-0.2, 0) is 0 Å². The average Bonchev–Trinajstić information content (AvgIpc) is 3.39. The van der Waals surface area contributed by atoms with Crippen molar-refractivity contribution >= 4 is 0 Å². The summed E-state index contributed by atoms with van der Waals surface area (Å²) in [5.41, 5.74) is 3.26. The van der Waals surface area contributed by atoms with E-state index in [2.05, 4.69) is 51.6 Å². The van der Waals surface area contributed by atoms with Crippen molar-refractivity contribution in [2.45, 2.75) is 32.2 Å². The van der Waals surface area contributed by atoms with Crippen LogP contribution in [0, 0.1) is 6.92 Å². The van der Waals surface area contributed by atoms with Gasteiger partial charge < -0.3 is 9.47 Å². The van der Waals surface area contributed by atoms with E-state index in [4.69, 9.17) is 9.47 Å². The summed E-state index contributed by atoms with van der Waals surface area (Å²) >= 11 is 0. The molecule has 144 valence electrons. The molecule has 2 aliphatic rings. The SMILES string of the molecule is Cc1ccccc1-n1nnnc1[C@@H](c1ccc2c(c1)OCO2)N1CCCCC1. The number of tetrazole rings is 1. The largest absolute Gasteiger partial charge is 0.454 e. The molecule has 1 saturated heterocycles. The smallest absolute Gasteiger partial charge is 0.231 e. The average molecular weight is 377 g/mol. The van der Waals surface area contributed by atoms with Crippen LogP contribution in [0.25, 0.3) is 5.69 Å². The van der Waals surface area contributed by atoms with E-state index in [0.29, 0.717) is 0 Å². The van der Waals surface area contributed by atoms with Crippen molar-refractivity contribution in [3.05, 3.63) is 59.4 Å². The van der Waals surface area contributed by atoms with E-state index >= 15 is 0 Å². The normalized spacial score (nSPS) is 17.6. The Morgan fingerprint density at radius 2 is 1.79 bits per heavy atom. The van der Waals surface area contributed by atoms with Gasteiger partial charge >= 0.3 is 0 Å². The molecule has 28 heavy (non-hydrogen) atoms. The van der Waals surface area contributed by atoms with Crippen molar-refractivity contribution in [1.29, 1.82) is 0 Å². The van der Waals surface area contributed by atoms with Crippen LogP contribution in [0.1, 0.15) is 42.3 Å². The standard InChI is InChI=1S/C21H23N5O2/c1-15-7-3-4-8-17(15)26-21(22-23-24-26)20(25-11-5-2-6-12-25)16-9-10-18-19(13-16)28-14-27-18/h3-4,7-10,13,20H,2,5-6,11-12,14H2,1H3/t20-/m1/s1. The van der Waals surface area contributed by atoms with Crippen LogP contribution in [0.4, 0.5) is 0 Å². The predicted octanol–water partition coefficient (Wildman–Crippen LogP) is 3.27. The second-order valence-electron chi connectivity index (χ2n) is 7.35. The van der Waals surface area contributed by atoms with Gasteiger partial charge in [-0.05, 0) is 72.6 Å². The number of nitrogens with zero attached hydrogens (tertiary/aromatic N) is 5. The van der Waals surface area contributed by atoms with Gasteiger partial charge in [-0.25, -0.2) is 0 Å². The zero-order valence-corrected chi connectivity index (χ0v) is 15.9. The molecule has 2 aliphatic heterocycles. The van der Waals surface area contributed by atoms with Crippen molar-refractivity contribution in [2.24, 2.45) is 0 Å². The summed E-state index contributed by atoms with van der Waals surface area (Å²) in [5.74, 6) is 2.41. The van der Waals surface area contributed by atoms with Crippen molar-refractivity contribution in [2.75, 3.05) is 19.9 Å². The number of rotatable bonds is 4. The molecular formula is C21H23N5O2. The molecule has 3 heterocycles. The highest BCUT2D eigenvalue weighted by Crippen LogP contribution is 2.38. The van der Waals surface area contributed by atoms with Crippen LogP contribution >= 0.6 is 0 Å². The van der Waals surface area contributed by atoms with Gasteiger partial charge in [-0.2, -0.15) is 4.68 Å². The number of para-hydroxylation sites is 1. The second-order valence-corrected chi connectivity index (χ2v) is 7.35. The van der Waals surface area contributed by atoms with E-state index in [1.54, 1.807) is 0 Å². The number of piperidine rings is 1. The van der Waals surface area contributed by atoms with E-state index in [1.165, 1.54) is 19.3 Å². The van der Waals surface area contributed by atoms with Crippen molar-refractivity contribution in [1.82, 2.24) is 25.1 Å². The lowest BCUT2D eigenvalue weighted by Crippen LogP contribution is -2.36. The quantitative estimate of drug-likeness (QED) is 0.695. The lowest BCUT2D eigenvalue weighted by atomic mass is 10.00. The van der Waals surface area contributed by atoms with E-state index in [1.807, 2.05) is 22.9 Å². The van der Waals surface area contributed by atoms with Crippen molar-refractivity contribution in [3.63, 3.8) is 0 Å². The van der Waals surface area contributed by atoms with Gasteiger partial charge in [-0.1, -0.05) is 30.7 Å². The molecule has 0 spiro atoms. The zero-order chi connectivity index (χ0) is 18.9. The molecule has 0 aliphatic carbocycles. The topological polar surface area (TPSA) is 65.3 Å². The number of aromatic nitrogens is 4. The minimum Gasteiger partial charge on any atom is -0.454 e.